The molecular formula is C38H35FO3. The fraction of sp³-hybridized carbons (Fsp3) is 0.211. The second-order valence-corrected chi connectivity index (χ2v) is 11.0. The van der Waals surface area contributed by atoms with Crippen molar-refractivity contribution in [2.45, 2.75) is 44.3 Å². The summed E-state index contributed by atoms with van der Waals surface area (Å²) in [4.78, 5) is 0. The second kappa shape index (κ2) is 12.2. The van der Waals surface area contributed by atoms with E-state index in [1.165, 1.54) is 28.3 Å². The first-order valence-corrected chi connectivity index (χ1v) is 14.6. The number of ether oxygens (including phenoxy) is 2. The van der Waals surface area contributed by atoms with Crippen LogP contribution in [0.4, 0.5) is 4.39 Å². The molecule has 0 bridgehead atoms. The minimum absolute atomic E-state index is 0.355. The molecule has 0 spiro atoms. The fourth-order valence-electron chi connectivity index (χ4n) is 6.45. The Hall–Kier alpha value is -4.41. The molecule has 4 heteroatoms. The zero-order valence-electron chi connectivity index (χ0n) is 23.8. The largest absolute Gasteiger partial charge is 0.497 e. The number of aliphatic hydroxyl groups is 1. The topological polar surface area (TPSA) is 38.7 Å². The maximum atomic E-state index is 15.1. The van der Waals surface area contributed by atoms with Gasteiger partial charge >= 0.3 is 0 Å². The highest BCUT2D eigenvalue weighted by molar-refractivity contribution is 5.79. The van der Waals surface area contributed by atoms with Crippen molar-refractivity contribution in [3.05, 3.63) is 155 Å². The molecular weight excluding hydrogens is 523 g/mol. The van der Waals surface area contributed by atoms with Gasteiger partial charge in [-0.05, 0) is 95.0 Å². The molecule has 4 aromatic carbocycles. The standard InChI is InChI=1S/C33H29FO2.C5H6O/c1-22(35)33(26-18-27(34)20-28(19-26)36-21-23-8-3-2-4-9-23)17-7-11-25-14-15-30-29-12-6-5-10-24(29)13-16-31(30)32(25)33;1-2-4-6-5-3-1/h2-12,14-15,18-20,22,35H,13,16-17,21H2,1H3;1-4H,5H2. The van der Waals surface area contributed by atoms with E-state index in [-0.39, 0.29) is 5.82 Å². The average Bonchev–Trinajstić information content (AvgIpc) is 3.04. The van der Waals surface area contributed by atoms with Gasteiger partial charge in [0.15, 0.2) is 0 Å². The van der Waals surface area contributed by atoms with Crippen molar-refractivity contribution in [1.29, 1.82) is 0 Å². The molecule has 42 heavy (non-hydrogen) atoms. The van der Waals surface area contributed by atoms with Gasteiger partial charge in [0.2, 0.25) is 0 Å². The number of hydrogen-bond acceptors (Lipinski definition) is 3. The highest BCUT2D eigenvalue weighted by Crippen LogP contribution is 2.50. The highest BCUT2D eigenvalue weighted by atomic mass is 19.1. The lowest BCUT2D eigenvalue weighted by Crippen LogP contribution is -2.42. The summed E-state index contributed by atoms with van der Waals surface area (Å²) in [6, 6.07) is 27.7. The first-order valence-electron chi connectivity index (χ1n) is 14.6. The molecule has 3 nitrogen and oxygen atoms in total. The van der Waals surface area contributed by atoms with Gasteiger partial charge in [-0.3, -0.25) is 0 Å². The molecule has 4 aromatic rings. The van der Waals surface area contributed by atoms with E-state index < -0.39 is 11.5 Å². The Morgan fingerprint density at radius 2 is 1.74 bits per heavy atom. The molecule has 1 heterocycles. The maximum Gasteiger partial charge on any atom is 0.127 e. The van der Waals surface area contributed by atoms with E-state index in [0.29, 0.717) is 18.8 Å². The summed E-state index contributed by atoms with van der Waals surface area (Å²) in [6.07, 6.45) is 13.4. The van der Waals surface area contributed by atoms with Crippen molar-refractivity contribution >= 4 is 6.08 Å². The van der Waals surface area contributed by atoms with Crippen LogP contribution in [0.25, 0.3) is 17.2 Å². The lowest BCUT2D eigenvalue weighted by atomic mass is 9.62. The first-order chi connectivity index (χ1) is 20.6. The number of fused-ring (bicyclic) bond motifs is 5. The van der Waals surface area contributed by atoms with Crippen LogP contribution in [0, 0.1) is 5.82 Å². The molecule has 3 aliphatic rings. The SMILES string of the molecule is C1=CCOC=C1.CC(O)C1(c2cc(F)cc(OCc3ccccc3)c2)CC=Cc2ccc3c(c21)CCc1ccccc1-3. The van der Waals surface area contributed by atoms with Crippen LogP contribution in [0.2, 0.25) is 0 Å². The summed E-state index contributed by atoms with van der Waals surface area (Å²) in [5, 5.41) is 11.4. The minimum Gasteiger partial charge on any atom is -0.497 e. The number of aliphatic hydroxyl groups excluding tert-OH is 1. The summed E-state index contributed by atoms with van der Waals surface area (Å²) in [5.41, 5.74) is 8.28. The average molecular weight is 559 g/mol. The molecule has 0 aromatic heterocycles. The number of hydrogen-bond donors (Lipinski definition) is 1. The van der Waals surface area contributed by atoms with Gasteiger partial charge < -0.3 is 14.6 Å². The molecule has 212 valence electrons. The monoisotopic (exact) mass is 558 g/mol. The number of aryl methyl sites for hydroxylation is 1. The second-order valence-electron chi connectivity index (χ2n) is 11.0. The summed E-state index contributed by atoms with van der Waals surface area (Å²) in [7, 11) is 0. The lowest BCUT2D eigenvalue weighted by Gasteiger charge is -2.43. The van der Waals surface area contributed by atoms with Gasteiger partial charge in [-0.2, -0.15) is 0 Å². The molecule has 0 amide bonds. The van der Waals surface area contributed by atoms with Gasteiger partial charge in [0.05, 0.1) is 17.8 Å². The Morgan fingerprint density at radius 3 is 2.48 bits per heavy atom. The van der Waals surface area contributed by atoms with Crippen LogP contribution in [-0.4, -0.2) is 17.8 Å². The van der Waals surface area contributed by atoms with Crippen LogP contribution in [0.3, 0.4) is 0 Å². The Kier molecular flexibility index (Phi) is 8.07. The smallest absolute Gasteiger partial charge is 0.127 e. The van der Waals surface area contributed by atoms with E-state index in [9.17, 15) is 5.11 Å². The maximum absolute atomic E-state index is 15.1. The summed E-state index contributed by atoms with van der Waals surface area (Å²) in [6.45, 7) is 2.92. The number of allylic oxidation sites excluding steroid dienone is 3. The van der Waals surface area contributed by atoms with Gasteiger partial charge in [-0.15, -0.1) is 0 Å². The van der Waals surface area contributed by atoms with E-state index in [1.807, 2.05) is 61.5 Å². The van der Waals surface area contributed by atoms with E-state index in [0.717, 1.165) is 41.7 Å². The van der Waals surface area contributed by atoms with Gasteiger partial charge in [0, 0.05) is 6.07 Å². The minimum atomic E-state index is -0.769. The predicted octanol–water partition coefficient (Wildman–Crippen LogP) is 8.34. The van der Waals surface area contributed by atoms with Crippen molar-refractivity contribution in [3.8, 4) is 16.9 Å². The molecule has 2 unspecified atom stereocenters. The van der Waals surface area contributed by atoms with Crippen molar-refractivity contribution in [3.63, 3.8) is 0 Å². The Labute approximate surface area is 247 Å². The van der Waals surface area contributed by atoms with Crippen LogP contribution in [0.1, 0.15) is 46.7 Å². The van der Waals surface area contributed by atoms with Gasteiger partial charge in [0.25, 0.3) is 0 Å². The molecule has 1 N–H and O–H groups in total. The number of halogens is 1. The third kappa shape index (κ3) is 5.43. The molecule has 0 fully saturated rings. The number of rotatable bonds is 5. The van der Waals surface area contributed by atoms with Gasteiger partial charge in [-0.1, -0.05) is 85.0 Å². The Bertz CT molecular complexity index is 1640. The Morgan fingerprint density at radius 1 is 0.905 bits per heavy atom. The van der Waals surface area contributed by atoms with Crippen molar-refractivity contribution in [2.24, 2.45) is 0 Å². The lowest BCUT2D eigenvalue weighted by molar-refractivity contribution is 0.119. The summed E-state index contributed by atoms with van der Waals surface area (Å²) < 4.78 is 25.9. The summed E-state index contributed by atoms with van der Waals surface area (Å²) in [5.74, 6) is 0.113. The van der Waals surface area contributed by atoms with Crippen molar-refractivity contribution in [1.82, 2.24) is 0 Å². The molecule has 1 aliphatic heterocycles. The quantitative estimate of drug-likeness (QED) is 0.268. The van der Waals surface area contributed by atoms with E-state index in [2.05, 4.69) is 48.6 Å². The first kappa shape index (κ1) is 27.7. The fourth-order valence-corrected chi connectivity index (χ4v) is 6.45. The zero-order valence-corrected chi connectivity index (χ0v) is 23.8. The summed E-state index contributed by atoms with van der Waals surface area (Å²) >= 11 is 0. The van der Waals surface area contributed by atoms with Crippen molar-refractivity contribution < 1.29 is 19.0 Å². The van der Waals surface area contributed by atoms with Gasteiger partial charge in [0.1, 0.15) is 24.8 Å². The van der Waals surface area contributed by atoms with Gasteiger partial charge in [-0.25, -0.2) is 4.39 Å². The van der Waals surface area contributed by atoms with Crippen LogP contribution in [0.15, 0.2) is 115 Å². The predicted molar refractivity (Wildman–Crippen MR) is 167 cm³/mol. The Balaban J connectivity index is 0.000000470. The highest BCUT2D eigenvalue weighted by Gasteiger charge is 2.44. The van der Waals surface area contributed by atoms with E-state index >= 15 is 4.39 Å². The third-order valence-corrected chi connectivity index (χ3v) is 8.44. The molecule has 7 rings (SSSR count). The van der Waals surface area contributed by atoms with Crippen LogP contribution < -0.4 is 4.74 Å². The molecule has 2 atom stereocenters. The number of benzene rings is 4. The van der Waals surface area contributed by atoms with Crippen LogP contribution in [0.5, 0.6) is 5.75 Å². The van der Waals surface area contributed by atoms with Crippen LogP contribution in [-0.2, 0) is 29.6 Å². The molecule has 0 saturated carbocycles. The van der Waals surface area contributed by atoms with E-state index in [4.69, 9.17) is 9.47 Å². The van der Waals surface area contributed by atoms with E-state index in [1.54, 1.807) is 12.3 Å². The normalized spacial score (nSPS) is 18.5. The third-order valence-electron chi connectivity index (χ3n) is 8.44. The molecule has 0 saturated heterocycles. The zero-order chi connectivity index (χ0) is 28.9. The van der Waals surface area contributed by atoms with Crippen LogP contribution >= 0.6 is 0 Å². The molecule has 0 radical (unpaired) electrons. The van der Waals surface area contributed by atoms with Crippen molar-refractivity contribution in [2.75, 3.05) is 6.61 Å². The molecule has 2 aliphatic carbocycles.